The standard InChI is InChI=1S/C7H12O/c1-6(2)7-3-4-8-5-7/h7H,1,3-5H2,2H3/t7-/m0/s1. The molecule has 1 atom stereocenters. The van der Waals surface area contributed by atoms with Crippen LogP contribution in [0.4, 0.5) is 0 Å². The van der Waals surface area contributed by atoms with E-state index in [0.717, 1.165) is 13.2 Å². The molecule has 1 nitrogen and oxygen atoms in total. The number of rotatable bonds is 1. The molecule has 0 bridgehead atoms. The fourth-order valence-corrected chi connectivity index (χ4v) is 0.923. The van der Waals surface area contributed by atoms with Gasteiger partial charge in [-0.2, -0.15) is 0 Å². The van der Waals surface area contributed by atoms with Crippen molar-refractivity contribution >= 4 is 0 Å². The summed E-state index contributed by atoms with van der Waals surface area (Å²) in [6.45, 7) is 7.75. The summed E-state index contributed by atoms with van der Waals surface area (Å²) in [4.78, 5) is 0. The van der Waals surface area contributed by atoms with Crippen LogP contribution >= 0.6 is 0 Å². The van der Waals surface area contributed by atoms with Crippen LogP contribution in [-0.4, -0.2) is 13.2 Å². The molecule has 0 aromatic heterocycles. The maximum atomic E-state index is 5.16. The Balaban J connectivity index is 2.35. The fourth-order valence-electron chi connectivity index (χ4n) is 0.923. The summed E-state index contributed by atoms with van der Waals surface area (Å²) in [5.41, 5.74) is 1.27. The summed E-state index contributed by atoms with van der Waals surface area (Å²) in [6.07, 6.45) is 1.18. The summed E-state index contributed by atoms with van der Waals surface area (Å²) in [7, 11) is 0. The van der Waals surface area contributed by atoms with Gasteiger partial charge in [-0.25, -0.2) is 0 Å². The highest BCUT2D eigenvalue weighted by Gasteiger charge is 2.14. The lowest BCUT2D eigenvalue weighted by molar-refractivity contribution is 0.190. The molecule has 1 aliphatic rings. The smallest absolute Gasteiger partial charge is 0.0532 e. The molecule has 1 heteroatoms. The average molecular weight is 112 g/mol. The van der Waals surface area contributed by atoms with Gasteiger partial charge in [0.1, 0.15) is 0 Å². The Labute approximate surface area is 50.3 Å². The van der Waals surface area contributed by atoms with Crippen molar-refractivity contribution in [2.45, 2.75) is 13.3 Å². The van der Waals surface area contributed by atoms with E-state index in [2.05, 4.69) is 13.5 Å². The Morgan fingerprint density at radius 3 is 2.75 bits per heavy atom. The highest BCUT2D eigenvalue weighted by Crippen LogP contribution is 2.18. The van der Waals surface area contributed by atoms with Crippen LogP contribution in [-0.2, 0) is 4.74 Å². The van der Waals surface area contributed by atoms with Crippen LogP contribution in [0.2, 0.25) is 0 Å². The molecule has 0 unspecified atom stereocenters. The van der Waals surface area contributed by atoms with Gasteiger partial charge in [0, 0.05) is 12.5 Å². The molecule has 46 valence electrons. The second-order valence-corrected chi connectivity index (χ2v) is 2.41. The van der Waals surface area contributed by atoms with Gasteiger partial charge in [0.15, 0.2) is 0 Å². The number of hydrogen-bond donors (Lipinski definition) is 0. The van der Waals surface area contributed by atoms with E-state index in [4.69, 9.17) is 4.74 Å². The maximum absolute atomic E-state index is 5.16. The predicted octanol–water partition coefficient (Wildman–Crippen LogP) is 1.60. The Kier molecular flexibility index (Phi) is 1.69. The molecule has 1 fully saturated rings. The van der Waals surface area contributed by atoms with Crippen molar-refractivity contribution in [2.24, 2.45) is 5.92 Å². The van der Waals surface area contributed by atoms with E-state index in [0.29, 0.717) is 5.92 Å². The third-order valence-corrected chi connectivity index (χ3v) is 1.63. The maximum Gasteiger partial charge on any atom is 0.0532 e. The normalized spacial score (nSPS) is 28.4. The average Bonchev–Trinajstić information content (AvgIpc) is 2.12. The van der Waals surface area contributed by atoms with Crippen molar-refractivity contribution < 1.29 is 4.74 Å². The highest BCUT2D eigenvalue weighted by molar-refractivity contribution is 4.97. The van der Waals surface area contributed by atoms with Gasteiger partial charge >= 0.3 is 0 Å². The quantitative estimate of drug-likeness (QED) is 0.468. The van der Waals surface area contributed by atoms with Gasteiger partial charge in [0.2, 0.25) is 0 Å². The summed E-state index contributed by atoms with van der Waals surface area (Å²) in [5.74, 6) is 0.648. The second kappa shape index (κ2) is 2.31. The fraction of sp³-hybridized carbons (Fsp3) is 0.714. The third-order valence-electron chi connectivity index (χ3n) is 1.63. The molecule has 1 aliphatic heterocycles. The van der Waals surface area contributed by atoms with Crippen LogP contribution in [0, 0.1) is 5.92 Å². The minimum atomic E-state index is 0.648. The van der Waals surface area contributed by atoms with Crippen molar-refractivity contribution in [2.75, 3.05) is 13.2 Å². The third kappa shape index (κ3) is 1.10. The minimum Gasteiger partial charge on any atom is -0.381 e. The lowest BCUT2D eigenvalue weighted by atomic mass is 10.0. The molecule has 8 heavy (non-hydrogen) atoms. The van der Waals surface area contributed by atoms with E-state index in [1.807, 2.05) is 0 Å². The van der Waals surface area contributed by atoms with E-state index in [1.54, 1.807) is 0 Å². The first-order valence-corrected chi connectivity index (χ1v) is 3.04. The summed E-state index contributed by atoms with van der Waals surface area (Å²) >= 11 is 0. The zero-order valence-electron chi connectivity index (χ0n) is 5.31. The molecular formula is C7H12O. The molecule has 0 aliphatic carbocycles. The van der Waals surface area contributed by atoms with Crippen molar-refractivity contribution in [1.82, 2.24) is 0 Å². The lowest BCUT2D eigenvalue weighted by Gasteiger charge is -2.03. The SMILES string of the molecule is C=C(C)[C@H]1CCOC1. The predicted molar refractivity (Wildman–Crippen MR) is 33.7 cm³/mol. The van der Waals surface area contributed by atoms with Crippen LogP contribution in [0.25, 0.3) is 0 Å². The molecule has 0 saturated carbocycles. The molecule has 1 heterocycles. The van der Waals surface area contributed by atoms with Gasteiger partial charge in [0.05, 0.1) is 6.61 Å². The summed E-state index contributed by atoms with van der Waals surface area (Å²) in [5, 5.41) is 0. The largest absolute Gasteiger partial charge is 0.381 e. The van der Waals surface area contributed by atoms with Crippen molar-refractivity contribution in [3.8, 4) is 0 Å². The van der Waals surface area contributed by atoms with Gasteiger partial charge in [-0.1, -0.05) is 12.2 Å². The van der Waals surface area contributed by atoms with Crippen molar-refractivity contribution in [3.05, 3.63) is 12.2 Å². The molecule has 0 N–H and O–H groups in total. The van der Waals surface area contributed by atoms with Gasteiger partial charge in [-0.05, 0) is 13.3 Å². The lowest BCUT2D eigenvalue weighted by Crippen LogP contribution is -1.98. The second-order valence-electron chi connectivity index (χ2n) is 2.41. The topological polar surface area (TPSA) is 9.23 Å². The van der Waals surface area contributed by atoms with E-state index >= 15 is 0 Å². The molecular weight excluding hydrogens is 100 g/mol. The number of hydrogen-bond acceptors (Lipinski definition) is 1. The Morgan fingerprint density at radius 2 is 2.50 bits per heavy atom. The Morgan fingerprint density at radius 1 is 1.75 bits per heavy atom. The van der Waals surface area contributed by atoms with Gasteiger partial charge < -0.3 is 4.74 Å². The molecule has 0 spiro atoms. The van der Waals surface area contributed by atoms with Gasteiger partial charge in [0.25, 0.3) is 0 Å². The first-order chi connectivity index (χ1) is 3.80. The van der Waals surface area contributed by atoms with Gasteiger partial charge in [-0.3, -0.25) is 0 Å². The van der Waals surface area contributed by atoms with E-state index in [1.165, 1.54) is 12.0 Å². The molecule has 0 aromatic carbocycles. The molecule has 1 rings (SSSR count). The summed E-state index contributed by atoms with van der Waals surface area (Å²) in [6, 6.07) is 0. The molecule has 0 aromatic rings. The monoisotopic (exact) mass is 112 g/mol. The first-order valence-electron chi connectivity index (χ1n) is 3.04. The number of ether oxygens (including phenoxy) is 1. The molecule has 1 saturated heterocycles. The Hall–Kier alpha value is -0.300. The molecule has 0 amide bonds. The van der Waals surface area contributed by atoms with Crippen LogP contribution in [0.15, 0.2) is 12.2 Å². The van der Waals surface area contributed by atoms with Crippen molar-refractivity contribution in [3.63, 3.8) is 0 Å². The van der Waals surface area contributed by atoms with Crippen LogP contribution in [0.1, 0.15) is 13.3 Å². The van der Waals surface area contributed by atoms with E-state index < -0.39 is 0 Å². The van der Waals surface area contributed by atoms with Crippen LogP contribution in [0.5, 0.6) is 0 Å². The minimum absolute atomic E-state index is 0.648. The van der Waals surface area contributed by atoms with Crippen LogP contribution < -0.4 is 0 Å². The summed E-state index contributed by atoms with van der Waals surface area (Å²) < 4.78 is 5.16. The van der Waals surface area contributed by atoms with E-state index in [-0.39, 0.29) is 0 Å². The van der Waals surface area contributed by atoms with Crippen LogP contribution in [0.3, 0.4) is 0 Å². The molecule has 0 radical (unpaired) electrons. The van der Waals surface area contributed by atoms with Gasteiger partial charge in [-0.15, -0.1) is 0 Å². The van der Waals surface area contributed by atoms with E-state index in [9.17, 15) is 0 Å². The highest BCUT2D eigenvalue weighted by atomic mass is 16.5. The van der Waals surface area contributed by atoms with Crippen molar-refractivity contribution in [1.29, 1.82) is 0 Å². The zero-order valence-corrected chi connectivity index (χ0v) is 5.31. The Bertz CT molecular complexity index is 90.6. The zero-order chi connectivity index (χ0) is 5.98. The first kappa shape index (κ1) is 5.83.